The fraction of sp³-hybridized carbons (Fsp3) is 0.364. The van der Waals surface area contributed by atoms with Crippen molar-refractivity contribution in [3.63, 3.8) is 0 Å². The van der Waals surface area contributed by atoms with E-state index < -0.39 is 5.97 Å². The number of nitrogens with zero attached hydrogens (tertiary/aromatic N) is 7. The van der Waals surface area contributed by atoms with Crippen LogP contribution in [0.3, 0.4) is 0 Å². The van der Waals surface area contributed by atoms with E-state index in [0.29, 0.717) is 43.1 Å². The van der Waals surface area contributed by atoms with E-state index in [4.69, 9.17) is 4.74 Å². The van der Waals surface area contributed by atoms with Gasteiger partial charge in [-0.25, -0.2) is 4.98 Å². The molecule has 3 aromatic heterocycles. The first kappa shape index (κ1) is 21.0. The minimum absolute atomic E-state index is 0.0389. The Kier molecular flexibility index (Phi) is 5.69. The molecule has 0 bridgehead atoms. The summed E-state index contributed by atoms with van der Waals surface area (Å²) in [7, 11) is 1.67. The molecule has 1 aliphatic rings. The lowest BCUT2D eigenvalue weighted by atomic mass is 10.1. The van der Waals surface area contributed by atoms with Crippen LogP contribution < -0.4 is 5.32 Å². The summed E-state index contributed by atoms with van der Waals surface area (Å²) in [5, 5.41) is 25.3. The van der Waals surface area contributed by atoms with Gasteiger partial charge >= 0.3 is 5.97 Å². The summed E-state index contributed by atoms with van der Waals surface area (Å²) in [6, 6.07) is 7.97. The first-order valence-corrected chi connectivity index (χ1v) is 10.8. The van der Waals surface area contributed by atoms with Crippen molar-refractivity contribution in [2.24, 2.45) is 5.92 Å². The lowest BCUT2D eigenvalue weighted by molar-refractivity contribution is -0.141. The van der Waals surface area contributed by atoms with Crippen molar-refractivity contribution in [1.82, 2.24) is 34.7 Å². The third-order valence-electron chi connectivity index (χ3n) is 5.91. The standard InChI is InChI=1S/C22H24N8O3/c1-33-9-8-29-13-16(11-24-29)14-3-6-18(7-4-14)30-20-19(27-28-30)12-23-22(26-20)25-17-5-2-15(10-17)21(31)32/h3-4,6-7,11-13,15,17H,2,5,8-10H2,1H3,(H,31,32)(H,23,25,26)/t15-,17-/m1/s1. The molecule has 11 heteroatoms. The van der Waals surface area contributed by atoms with Gasteiger partial charge in [-0.15, -0.1) is 5.10 Å². The van der Waals surface area contributed by atoms with E-state index in [1.54, 1.807) is 18.0 Å². The van der Waals surface area contributed by atoms with Crippen LogP contribution in [0.4, 0.5) is 5.95 Å². The number of hydrogen-bond donors (Lipinski definition) is 2. The summed E-state index contributed by atoms with van der Waals surface area (Å²) in [5.41, 5.74) is 4.05. The van der Waals surface area contributed by atoms with Crippen LogP contribution in [0.1, 0.15) is 19.3 Å². The Balaban J connectivity index is 1.34. The zero-order valence-corrected chi connectivity index (χ0v) is 18.1. The second kappa shape index (κ2) is 8.94. The summed E-state index contributed by atoms with van der Waals surface area (Å²) in [4.78, 5) is 20.1. The molecule has 0 spiro atoms. The molecule has 5 rings (SSSR count). The molecular formula is C22H24N8O3. The summed E-state index contributed by atoms with van der Waals surface area (Å²) in [6.45, 7) is 1.31. The number of carboxylic acids is 1. The van der Waals surface area contributed by atoms with Gasteiger partial charge in [0.25, 0.3) is 0 Å². The Bertz CT molecular complexity index is 1270. The molecule has 0 unspecified atom stereocenters. The number of methoxy groups -OCH3 is 1. The third-order valence-corrected chi connectivity index (χ3v) is 5.91. The highest BCUT2D eigenvalue weighted by Crippen LogP contribution is 2.28. The molecule has 1 fully saturated rings. The van der Waals surface area contributed by atoms with Crippen molar-refractivity contribution in [3.05, 3.63) is 42.9 Å². The van der Waals surface area contributed by atoms with Crippen molar-refractivity contribution >= 4 is 23.1 Å². The zero-order valence-electron chi connectivity index (χ0n) is 18.1. The molecular weight excluding hydrogens is 424 g/mol. The molecule has 0 aliphatic heterocycles. The maximum Gasteiger partial charge on any atom is 0.306 e. The second-order valence-electron chi connectivity index (χ2n) is 8.12. The van der Waals surface area contributed by atoms with Gasteiger partial charge in [0.2, 0.25) is 5.95 Å². The molecule has 0 saturated heterocycles. The lowest BCUT2D eigenvalue weighted by Gasteiger charge is -2.12. The third kappa shape index (κ3) is 4.40. The van der Waals surface area contributed by atoms with E-state index in [2.05, 4.69) is 30.7 Å². The number of aliphatic carboxylic acids is 1. The Morgan fingerprint density at radius 1 is 1.21 bits per heavy atom. The van der Waals surface area contributed by atoms with Crippen LogP contribution in [0, 0.1) is 5.92 Å². The number of ether oxygens (including phenoxy) is 1. The SMILES string of the molecule is COCCn1cc(-c2ccc(-n3nnc4cnc(N[C@@H]5CC[C@@H](C(=O)O)C5)nc43)cc2)cn1. The molecule has 0 amide bonds. The number of anilines is 1. The fourth-order valence-corrected chi connectivity index (χ4v) is 4.11. The quantitative estimate of drug-likeness (QED) is 0.417. The lowest BCUT2D eigenvalue weighted by Crippen LogP contribution is -2.19. The van der Waals surface area contributed by atoms with Crippen molar-refractivity contribution in [3.8, 4) is 16.8 Å². The molecule has 1 aliphatic carbocycles. The van der Waals surface area contributed by atoms with E-state index in [0.717, 1.165) is 23.2 Å². The molecule has 1 aromatic carbocycles. The molecule has 2 N–H and O–H groups in total. The van der Waals surface area contributed by atoms with Gasteiger partial charge in [-0.05, 0) is 37.0 Å². The van der Waals surface area contributed by atoms with Gasteiger partial charge in [-0.3, -0.25) is 9.48 Å². The van der Waals surface area contributed by atoms with E-state index in [-0.39, 0.29) is 12.0 Å². The number of carboxylic acid groups (broad SMARTS) is 1. The van der Waals surface area contributed by atoms with Gasteiger partial charge in [0.1, 0.15) is 0 Å². The number of rotatable bonds is 8. The number of aromatic nitrogens is 7. The summed E-state index contributed by atoms with van der Waals surface area (Å²) in [6.07, 6.45) is 7.45. The van der Waals surface area contributed by atoms with Crippen LogP contribution in [0.25, 0.3) is 28.0 Å². The van der Waals surface area contributed by atoms with Gasteiger partial charge < -0.3 is 15.2 Å². The molecule has 0 radical (unpaired) electrons. The van der Waals surface area contributed by atoms with Crippen molar-refractivity contribution in [2.75, 3.05) is 19.0 Å². The Labute approximate surface area is 189 Å². The molecule has 4 aromatic rings. The average Bonchev–Trinajstić information content (AvgIpc) is 3.57. The van der Waals surface area contributed by atoms with Crippen LogP contribution in [0.2, 0.25) is 0 Å². The first-order valence-electron chi connectivity index (χ1n) is 10.8. The maximum absolute atomic E-state index is 11.2. The predicted molar refractivity (Wildman–Crippen MR) is 120 cm³/mol. The summed E-state index contributed by atoms with van der Waals surface area (Å²) >= 11 is 0. The molecule has 170 valence electrons. The summed E-state index contributed by atoms with van der Waals surface area (Å²) < 4.78 is 8.62. The van der Waals surface area contributed by atoms with Gasteiger partial charge in [0.15, 0.2) is 11.2 Å². The second-order valence-corrected chi connectivity index (χ2v) is 8.12. The number of fused-ring (bicyclic) bond motifs is 1. The van der Waals surface area contributed by atoms with Gasteiger partial charge in [-0.2, -0.15) is 14.8 Å². The Hall–Kier alpha value is -3.86. The largest absolute Gasteiger partial charge is 0.481 e. The Morgan fingerprint density at radius 2 is 2.06 bits per heavy atom. The average molecular weight is 448 g/mol. The molecule has 33 heavy (non-hydrogen) atoms. The van der Waals surface area contributed by atoms with E-state index in [1.165, 1.54) is 0 Å². The zero-order chi connectivity index (χ0) is 22.8. The van der Waals surface area contributed by atoms with Crippen LogP contribution >= 0.6 is 0 Å². The number of nitrogens with one attached hydrogen (secondary N) is 1. The molecule has 3 heterocycles. The normalized spacial score (nSPS) is 18.1. The molecule has 2 atom stereocenters. The minimum Gasteiger partial charge on any atom is -0.481 e. The Morgan fingerprint density at radius 3 is 2.82 bits per heavy atom. The fourth-order valence-electron chi connectivity index (χ4n) is 4.11. The topological polar surface area (TPSA) is 133 Å². The van der Waals surface area contributed by atoms with Gasteiger partial charge in [0, 0.05) is 24.9 Å². The van der Waals surface area contributed by atoms with Crippen molar-refractivity contribution in [1.29, 1.82) is 0 Å². The first-order chi connectivity index (χ1) is 16.1. The highest BCUT2D eigenvalue weighted by atomic mass is 16.5. The van der Waals surface area contributed by atoms with E-state index in [1.807, 2.05) is 41.3 Å². The van der Waals surface area contributed by atoms with Crippen molar-refractivity contribution < 1.29 is 14.6 Å². The summed E-state index contributed by atoms with van der Waals surface area (Å²) in [5.74, 6) is -0.616. The van der Waals surface area contributed by atoms with Gasteiger partial charge in [-0.1, -0.05) is 17.3 Å². The maximum atomic E-state index is 11.2. The van der Waals surface area contributed by atoms with Crippen LogP contribution in [-0.2, 0) is 16.1 Å². The number of benzene rings is 1. The molecule has 11 nitrogen and oxygen atoms in total. The predicted octanol–water partition coefficient (Wildman–Crippen LogP) is 2.39. The van der Waals surface area contributed by atoms with Crippen LogP contribution in [0.5, 0.6) is 0 Å². The monoisotopic (exact) mass is 448 g/mol. The van der Waals surface area contributed by atoms with Crippen molar-refractivity contribution in [2.45, 2.75) is 31.8 Å². The van der Waals surface area contributed by atoms with Crippen LogP contribution in [0.15, 0.2) is 42.9 Å². The minimum atomic E-state index is -0.747. The van der Waals surface area contributed by atoms with E-state index >= 15 is 0 Å². The number of hydrogen-bond acceptors (Lipinski definition) is 8. The van der Waals surface area contributed by atoms with E-state index in [9.17, 15) is 9.90 Å². The highest BCUT2D eigenvalue weighted by molar-refractivity contribution is 5.73. The van der Waals surface area contributed by atoms with Gasteiger partial charge in [0.05, 0.1) is 37.2 Å². The smallest absolute Gasteiger partial charge is 0.306 e. The number of carbonyl (C=O) groups is 1. The highest BCUT2D eigenvalue weighted by Gasteiger charge is 2.30. The van der Waals surface area contributed by atoms with Crippen LogP contribution in [-0.4, -0.2) is 65.6 Å². The molecule has 1 saturated carbocycles.